The number of aryl methyl sites for hydroxylation is 1. The van der Waals surface area contributed by atoms with Gasteiger partial charge in [0.2, 0.25) is 0 Å². The van der Waals surface area contributed by atoms with E-state index in [1.165, 1.54) is 111 Å². The second-order valence-corrected chi connectivity index (χ2v) is 25.4. The predicted molar refractivity (Wildman–Crippen MR) is 282 cm³/mol. The summed E-state index contributed by atoms with van der Waals surface area (Å²) < 4.78 is 5.14. The summed E-state index contributed by atoms with van der Waals surface area (Å²) in [6.07, 6.45) is 0. The fourth-order valence-corrected chi connectivity index (χ4v) is 10.1. The first-order chi connectivity index (χ1) is 29.4. The molecule has 0 fully saturated rings. The Hall–Kier alpha value is -5.08. The first-order valence-electron chi connectivity index (χ1n) is 23.9. The molecule has 0 N–H and O–H groups in total. The van der Waals surface area contributed by atoms with Gasteiger partial charge < -0.3 is 9.13 Å². The Kier molecular flexibility index (Phi) is 10.5. The van der Waals surface area contributed by atoms with E-state index < -0.39 is 0 Å². The van der Waals surface area contributed by atoms with E-state index in [1.807, 2.05) is 0 Å². The Morgan fingerprint density at radius 3 is 1.25 bits per heavy atom. The fraction of sp³-hybridized carbons (Fsp3) is 0.419. The highest BCUT2D eigenvalue weighted by Crippen LogP contribution is 2.47. The monoisotopic (exact) mass is 849 g/mol. The van der Waals surface area contributed by atoms with Crippen LogP contribution in [0.1, 0.15) is 169 Å². The molecule has 0 saturated carbocycles. The van der Waals surface area contributed by atoms with E-state index in [4.69, 9.17) is 0 Å². The van der Waals surface area contributed by atoms with Crippen LogP contribution < -0.4 is 0 Å². The zero-order valence-electron chi connectivity index (χ0n) is 43.1. The molecular formula is C62H76N2. The molecule has 0 radical (unpaired) electrons. The van der Waals surface area contributed by atoms with Crippen LogP contribution in [-0.4, -0.2) is 9.13 Å². The lowest BCUT2D eigenvalue weighted by Gasteiger charge is -2.29. The van der Waals surface area contributed by atoms with Crippen LogP contribution in [0.25, 0.3) is 66.1 Å². The standard InChI is InChI=1S/C62H76N2/c1-37-46(35-43(61(15,16)17)36-49(37)62(18,19)20)45-22-21-23-53-56(45)55-38(2)50(28-29-54(55)63(53)44-31-41(59(9,10)11)30-42(32-44)60(12,13)14)64-51-26-24-39(57(3,4)5)33-47(51)48-34-40(58(6,7)8)25-27-52(48)64/h21-36H,1-20H3. The van der Waals surface area contributed by atoms with Crippen LogP contribution in [0.3, 0.4) is 0 Å². The fourth-order valence-electron chi connectivity index (χ4n) is 10.1. The molecule has 0 bridgehead atoms. The van der Waals surface area contributed by atoms with Crippen molar-refractivity contribution in [3.63, 3.8) is 0 Å². The third-order valence-corrected chi connectivity index (χ3v) is 14.2. The smallest absolute Gasteiger partial charge is 0.0547 e. The summed E-state index contributed by atoms with van der Waals surface area (Å²) in [6.45, 7) is 46.9. The van der Waals surface area contributed by atoms with Crippen molar-refractivity contribution in [3.8, 4) is 22.5 Å². The second kappa shape index (κ2) is 14.7. The summed E-state index contributed by atoms with van der Waals surface area (Å²) in [4.78, 5) is 0. The summed E-state index contributed by atoms with van der Waals surface area (Å²) in [6, 6.07) is 38.6. The Morgan fingerprint density at radius 2 is 0.781 bits per heavy atom. The molecule has 334 valence electrons. The lowest BCUT2D eigenvalue weighted by Crippen LogP contribution is -2.18. The molecule has 0 aliphatic rings. The number of aromatic nitrogens is 2. The van der Waals surface area contributed by atoms with E-state index in [-0.39, 0.29) is 32.5 Å². The minimum absolute atomic E-state index is 0.0135. The second-order valence-electron chi connectivity index (χ2n) is 25.4. The predicted octanol–water partition coefficient (Wildman–Crippen LogP) is 17.9. The Bertz CT molecular complexity index is 3040. The maximum absolute atomic E-state index is 2.58. The Balaban J connectivity index is 1.57. The molecule has 0 atom stereocenters. The topological polar surface area (TPSA) is 9.86 Å². The summed E-state index contributed by atoms with van der Waals surface area (Å²) in [7, 11) is 0. The third-order valence-electron chi connectivity index (χ3n) is 14.2. The van der Waals surface area contributed by atoms with E-state index in [0.29, 0.717) is 0 Å². The van der Waals surface area contributed by atoms with Crippen LogP contribution in [0.5, 0.6) is 0 Å². The normalized spacial score (nSPS) is 13.6. The molecule has 0 aliphatic heterocycles. The highest BCUT2D eigenvalue weighted by molar-refractivity contribution is 6.18. The highest BCUT2D eigenvalue weighted by atomic mass is 15.0. The molecule has 0 unspecified atom stereocenters. The number of benzene rings is 6. The minimum Gasteiger partial charge on any atom is -0.309 e. The molecule has 2 heterocycles. The maximum atomic E-state index is 2.58. The van der Waals surface area contributed by atoms with E-state index in [9.17, 15) is 0 Å². The van der Waals surface area contributed by atoms with Crippen molar-refractivity contribution < 1.29 is 0 Å². The number of nitrogens with zero attached hydrogens (tertiary/aromatic N) is 2. The molecule has 2 heteroatoms. The van der Waals surface area contributed by atoms with Gasteiger partial charge in [-0.05, 0) is 157 Å². The Morgan fingerprint density at radius 1 is 0.328 bits per heavy atom. The average Bonchev–Trinajstić information content (AvgIpc) is 3.68. The van der Waals surface area contributed by atoms with Gasteiger partial charge in [-0.25, -0.2) is 0 Å². The van der Waals surface area contributed by atoms with E-state index in [0.717, 1.165) is 0 Å². The lowest BCUT2D eigenvalue weighted by atomic mass is 9.76. The van der Waals surface area contributed by atoms with Gasteiger partial charge in [0, 0.05) is 32.9 Å². The van der Waals surface area contributed by atoms with Crippen molar-refractivity contribution in [2.45, 2.75) is 171 Å². The van der Waals surface area contributed by atoms with Crippen molar-refractivity contribution in [2.75, 3.05) is 0 Å². The van der Waals surface area contributed by atoms with Crippen LogP contribution >= 0.6 is 0 Å². The van der Waals surface area contributed by atoms with Crippen LogP contribution in [0, 0.1) is 13.8 Å². The van der Waals surface area contributed by atoms with Crippen molar-refractivity contribution in [1.82, 2.24) is 9.13 Å². The zero-order chi connectivity index (χ0) is 47.0. The van der Waals surface area contributed by atoms with Gasteiger partial charge in [-0.1, -0.05) is 167 Å². The molecule has 0 amide bonds. The summed E-state index contributed by atoms with van der Waals surface area (Å²) in [5.74, 6) is 0. The van der Waals surface area contributed by atoms with Gasteiger partial charge in [0.05, 0.1) is 22.1 Å². The molecule has 2 nitrogen and oxygen atoms in total. The van der Waals surface area contributed by atoms with Gasteiger partial charge in [0.15, 0.2) is 0 Å². The first-order valence-corrected chi connectivity index (χ1v) is 23.9. The number of hydrogen-bond acceptors (Lipinski definition) is 0. The van der Waals surface area contributed by atoms with Gasteiger partial charge in [0.1, 0.15) is 0 Å². The third kappa shape index (κ3) is 7.71. The average molecular weight is 849 g/mol. The molecule has 2 aromatic heterocycles. The summed E-state index contributed by atoms with van der Waals surface area (Å²) in [5, 5.41) is 5.26. The van der Waals surface area contributed by atoms with E-state index in [1.54, 1.807) is 0 Å². The van der Waals surface area contributed by atoms with Crippen LogP contribution in [0.2, 0.25) is 0 Å². The number of fused-ring (bicyclic) bond motifs is 6. The molecular weight excluding hydrogens is 773 g/mol. The molecule has 6 aromatic carbocycles. The molecule has 0 saturated heterocycles. The lowest BCUT2D eigenvalue weighted by molar-refractivity contribution is 0.566. The van der Waals surface area contributed by atoms with Gasteiger partial charge in [-0.2, -0.15) is 0 Å². The molecule has 64 heavy (non-hydrogen) atoms. The quantitative estimate of drug-likeness (QED) is 0.168. The number of hydrogen-bond donors (Lipinski definition) is 0. The van der Waals surface area contributed by atoms with Crippen LogP contribution in [0.4, 0.5) is 0 Å². The summed E-state index contributed by atoms with van der Waals surface area (Å²) in [5.41, 5.74) is 20.9. The van der Waals surface area contributed by atoms with Gasteiger partial charge >= 0.3 is 0 Å². The molecule has 0 aliphatic carbocycles. The van der Waals surface area contributed by atoms with Crippen LogP contribution in [-0.2, 0) is 32.5 Å². The van der Waals surface area contributed by atoms with Gasteiger partial charge in [0.25, 0.3) is 0 Å². The molecule has 8 aromatic rings. The molecule has 0 spiro atoms. The Labute approximate surface area is 386 Å². The maximum Gasteiger partial charge on any atom is 0.0547 e. The largest absolute Gasteiger partial charge is 0.309 e. The SMILES string of the molecule is Cc1c(-c2cccc3c2c2c(C)c(-n4c5ccc(C(C)(C)C)cc5c5cc(C(C)(C)C)ccc54)ccc2n3-c2cc(C(C)(C)C)cc(C(C)(C)C)c2)cc(C(C)(C)C)cc1C(C)(C)C. The zero-order valence-corrected chi connectivity index (χ0v) is 43.1. The van der Waals surface area contributed by atoms with Crippen molar-refractivity contribution >= 4 is 43.6 Å². The van der Waals surface area contributed by atoms with Crippen molar-refractivity contribution in [1.29, 1.82) is 0 Å². The van der Waals surface area contributed by atoms with Gasteiger partial charge in [-0.15, -0.1) is 0 Å². The number of rotatable bonds is 3. The first kappa shape index (κ1) is 45.5. The van der Waals surface area contributed by atoms with Crippen molar-refractivity contribution in [3.05, 3.63) is 142 Å². The minimum atomic E-state index is -0.0207. The van der Waals surface area contributed by atoms with Crippen molar-refractivity contribution in [2.24, 2.45) is 0 Å². The van der Waals surface area contributed by atoms with E-state index in [2.05, 4.69) is 245 Å². The highest BCUT2D eigenvalue weighted by Gasteiger charge is 2.29. The van der Waals surface area contributed by atoms with Crippen LogP contribution in [0.15, 0.2) is 97.1 Å². The van der Waals surface area contributed by atoms with E-state index >= 15 is 0 Å². The molecule has 8 rings (SSSR count). The van der Waals surface area contributed by atoms with Gasteiger partial charge in [-0.3, -0.25) is 0 Å². The summed E-state index contributed by atoms with van der Waals surface area (Å²) >= 11 is 0.